The standard InChI is InChI=1S/C11H9N3O/c15-14-10-5-7-6-12-9-4-2-1-3-8(9)11(7)13-10/h1-6,13-15H. The Balaban J connectivity index is 2.47. The number of fused-ring (bicyclic) bond motifs is 3. The van der Waals surface area contributed by atoms with Gasteiger partial charge in [-0.05, 0) is 12.1 Å². The molecule has 0 spiro atoms. The molecule has 1 aromatic carbocycles. The van der Waals surface area contributed by atoms with E-state index in [1.54, 1.807) is 6.20 Å². The van der Waals surface area contributed by atoms with Crippen LogP contribution in [0.3, 0.4) is 0 Å². The molecule has 0 aliphatic carbocycles. The summed E-state index contributed by atoms with van der Waals surface area (Å²) in [7, 11) is 0. The van der Waals surface area contributed by atoms with Crippen molar-refractivity contribution in [3.63, 3.8) is 0 Å². The van der Waals surface area contributed by atoms with Crippen molar-refractivity contribution in [1.82, 2.24) is 9.97 Å². The molecule has 0 saturated heterocycles. The van der Waals surface area contributed by atoms with Crippen molar-refractivity contribution in [2.24, 2.45) is 0 Å². The van der Waals surface area contributed by atoms with E-state index in [0.29, 0.717) is 5.82 Å². The molecule has 0 bridgehead atoms. The van der Waals surface area contributed by atoms with E-state index in [0.717, 1.165) is 21.8 Å². The zero-order chi connectivity index (χ0) is 10.3. The summed E-state index contributed by atoms with van der Waals surface area (Å²) in [6.07, 6.45) is 1.79. The predicted molar refractivity (Wildman–Crippen MR) is 59.0 cm³/mol. The number of H-pyrrole nitrogens is 1. The third kappa shape index (κ3) is 1.15. The lowest BCUT2D eigenvalue weighted by molar-refractivity contribution is 0.386. The molecule has 15 heavy (non-hydrogen) atoms. The summed E-state index contributed by atoms with van der Waals surface area (Å²) in [5.41, 5.74) is 4.02. The number of aromatic amines is 1. The third-order valence-corrected chi connectivity index (χ3v) is 2.48. The summed E-state index contributed by atoms with van der Waals surface area (Å²) >= 11 is 0. The van der Waals surface area contributed by atoms with Gasteiger partial charge in [0.25, 0.3) is 0 Å². The molecule has 2 heterocycles. The highest BCUT2D eigenvalue weighted by Gasteiger charge is 2.04. The molecule has 4 nitrogen and oxygen atoms in total. The van der Waals surface area contributed by atoms with Crippen LogP contribution in [0.1, 0.15) is 0 Å². The van der Waals surface area contributed by atoms with E-state index >= 15 is 0 Å². The second-order valence-corrected chi connectivity index (χ2v) is 3.40. The molecular weight excluding hydrogens is 190 g/mol. The van der Waals surface area contributed by atoms with Crippen molar-refractivity contribution in [1.29, 1.82) is 0 Å². The molecular formula is C11H9N3O. The van der Waals surface area contributed by atoms with E-state index < -0.39 is 0 Å². The zero-order valence-corrected chi connectivity index (χ0v) is 7.86. The fourth-order valence-electron chi connectivity index (χ4n) is 1.79. The van der Waals surface area contributed by atoms with Gasteiger partial charge in [-0.25, -0.2) is 0 Å². The first-order valence-electron chi connectivity index (χ1n) is 4.65. The van der Waals surface area contributed by atoms with Crippen molar-refractivity contribution in [3.05, 3.63) is 36.5 Å². The van der Waals surface area contributed by atoms with Gasteiger partial charge < -0.3 is 4.98 Å². The number of hydrogen-bond acceptors (Lipinski definition) is 3. The lowest BCUT2D eigenvalue weighted by atomic mass is 10.2. The molecule has 2 aromatic heterocycles. The molecule has 4 heteroatoms. The third-order valence-electron chi connectivity index (χ3n) is 2.48. The van der Waals surface area contributed by atoms with Crippen LogP contribution < -0.4 is 5.48 Å². The van der Waals surface area contributed by atoms with E-state index in [9.17, 15) is 0 Å². The normalized spacial score (nSPS) is 11.0. The van der Waals surface area contributed by atoms with Crippen molar-refractivity contribution in [3.8, 4) is 0 Å². The fourth-order valence-corrected chi connectivity index (χ4v) is 1.79. The van der Waals surface area contributed by atoms with Gasteiger partial charge in [-0.2, -0.15) is 0 Å². The molecule has 3 aromatic rings. The monoisotopic (exact) mass is 199 g/mol. The summed E-state index contributed by atoms with van der Waals surface area (Å²) < 4.78 is 0. The number of para-hydroxylation sites is 1. The number of anilines is 1. The number of benzene rings is 1. The summed E-state index contributed by atoms with van der Waals surface area (Å²) in [6, 6.07) is 9.70. The summed E-state index contributed by atoms with van der Waals surface area (Å²) in [4.78, 5) is 7.41. The van der Waals surface area contributed by atoms with Crippen molar-refractivity contribution >= 4 is 27.6 Å². The summed E-state index contributed by atoms with van der Waals surface area (Å²) in [5, 5.41) is 10.8. The molecule has 0 unspecified atom stereocenters. The van der Waals surface area contributed by atoms with E-state index in [4.69, 9.17) is 5.21 Å². The lowest BCUT2D eigenvalue weighted by Crippen LogP contribution is -1.87. The highest BCUT2D eigenvalue weighted by atomic mass is 16.5. The van der Waals surface area contributed by atoms with Gasteiger partial charge in [0, 0.05) is 17.0 Å². The quantitative estimate of drug-likeness (QED) is 0.528. The second-order valence-electron chi connectivity index (χ2n) is 3.40. The Bertz CT molecular complexity index is 630. The first-order chi connectivity index (χ1) is 7.38. The molecule has 3 N–H and O–H groups in total. The summed E-state index contributed by atoms with van der Waals surface area (Å²) in [5.74, 6) is 0.572. The molecule has 0 amide bonds. The van der Waals surface area contributed by atoms with Crippen LogP contribution in [0.15, 0.2) is 36.5 Å². The SMILES string of the molecule is ONc1cc2cnc3ccccc3c2[nH]1. The molecule has 0 aliphatic heterocycles. The maximum atomic E-state index is 8.81. The van der Waals surface area contributed by atoms with Crippen LogP contribution in [0.5, 0.6) is 0 Å². The van der Waals surface area contributed by atoms with Gasteiger partial charge in [-0.3, -0.25) is 15.7 Å². The van der Waals surface area contributed by atoms with Crippen molar-refractivity contribution < 1.29 is 5.21 Å². The molecule has 0 aliphatic rings. The second kappa shape index (κ2) is 2.96. The molecule has 0 radical (unpaired) electrons. The number of aromatic nitrogens is 2. The maximum Gasteiger partial charge on any atom is 0.128 e. The van der Waals surface area contributed by atoms with Crippen molar-refractivity contribution in [2.45, 2.75) is 0 Å². The van der Waals surface area contributed by atoms with Crippen LogP contribution in [-0.4, -0.2) is 15.2 Å². The van der Waals surface area contributed by atoms with Crippen LogP contribution >= 0.6 is 0 Å². The number of nitrogens with one attached hydrogen (secondary N) is 2. The molecule has 0 fully saturated rings. The average molecular weight is 199 g/mol. The Kier molecular flexibility index (Phi) is 1.63. The van der Waals surface area contributed by atoms with Gasteiger partial charge in [-0.15, -0.1) is 0 Å². The smallest absolute Gasteiger partial charge is 0.128 e. The summed E-state index contributed by atoms with van der Waals surface area (Å²) in [6.45, 7) is 0. The van der Waals surface area contributed by atoms with Gasteiger partial charge in [0.15, 0.2) is 0 Å². The van der Waals surface area contributed by atoms with Gasteiger partial charge in [-0.1, -0.05) is 18.2 Å². The molecule has 0 atom stereocenters. The van der Waals surface area contributed by atoms with E-state index in [-0.39, 0.29) is 0 Å². The highest BCUT2D eigenvalue weighted by molar-refractivity contribution is 6.04. The van der Waals surface area contributed by atoms with Gasteiger partial charge >= 0.3 is 0 Å². The van der Waals surface area contributed by atoms with E-state index in [2.05, 4.69) is 15.4 Å². The predicted octanol–water partition coefficient (Wildman–Crippen LogP) is 2.52. The highest BCUT2D eigenvalue weighted by Crippen LogP contribution is 2.24. The molecule has 0 saturated carbocycles. The number of hydrogen-bond donors (Lipinski definition) is 3. The molecule has 3 rings (SSSR count). The van der Waals surface area contributed by atoms with E-state index in [1.165, 1.54) is 0 Å². The maximum absolute atomic E-state index is 8.81. The van der Waals surface area contributed by atoms with Crippen LogP contribution in [0, 0.1) is 0 Å². The van der Waals surface area contributed by atoms with E-state index in [1.807, 2.05) is 30.3 Å². The van der Waals surface area contributed by atoms with Gasteiger partial charge in [0.2, 0.25) is 0 Å². The Morgan fingerprint density at radius 2 is 2.13 bits per heavy atom. The minimum atomic E-state index is 0.572. The Morgan fingerprint density at radius 1 is 1.27 bits per heavy atom. The topological polar surface area (TPSA) is 60.9 Å². The van der Waals surface area contributed by atoms with Crippen molar-refractivity contribution in [2.75, 3.05) is 5.48 Å². The van der Waals surface area contributed by atoms with Gasteiger partial charge in [0.1, 0.15) is 5.82 Å². The minimum Gasteiger partial charge on any atom is -0.339 e. The lowest BCUT2D eigenvalue weighted by Gasteiger charge is -1.97. The largest absolute Gasteiger partial charge is 0.339 e. The zero-order valence-electron chi connectivity index (χ0n) is 7.86. The Hall–Kier alpha value is -2.07. The van der Waals surface area contributed by atoms with Gasteiger partial charge in [0.05, 0.1) is 11.0 Å². The Labute approximate surface area is 85.5 Å². The van der Waals surface area contributed by atoms with Crippen LogP contribution in [0.2, 0.25) is 0 Å². The number of rotatable bonds is 1. The first-order valence-corrected chi connectivity index (χ1v) is 4.65. The molecule has 74 valence electrons. The minimum absolute atomic E-state index is 0.572. The Morgan fingerprint density at radius 3 is 3.00 bits per heavy atom. The van der Waals surface area contributed by atoms with Crippen LogP contribution in [0.25, 0.3) is 21.8 Å². The fraction of sp³-hybridized carbons (Fsp3) is 0. The first kappa shape index (κ1) is 8.26. The van der Waals surface area contributed by atoms with Crippen LogP contribution in [-0.2, 0) is 0 Å². The van der Waals surface area contributed by atoms with Crippen LogP contribution in [0.4, 0.5) is 5.82 Å². The average Bonchev–Trinajstić information content (AvgIpc) is 2.72. The number of pyridine rings is 1. The number of nitrogens with zero attached hydrogens (tertiary/aromatic N) is 1.